The number of alkyl halides is 1. The van der Waals surface area contributed by atoms with Crippen molar-refractivity contribution in [2.45, 2.75) is 25.1 Å². The number of hydrogen-bond acceptors (Lipinski definition) is 2. The van der Waals surface area contributed by atoms with Gasteiger partial charge in [0.05, 0.1) is 0 Å². The summed E-state index contributed by atoms with van der Waals surface area (Å²) in [6.45, 7) is 4.71. The van der Waals surface area contributed by atoms with Crippen molar-refractivity contribution >= 4 is 27.7 Å². The van der Waals surface area contributed by atoms with Gasteiger partial charge in [0.1, 0.15) is 5.82 Å². The molecule has 1 aliphatic rings. The summed E-state index contributed by atoms with van der Waals surface area (Å²) in [6.07, 6.45) is 2.37. The number of rotatable bonds is 1. The number of nitrogens with zero attached hydrogens (tertiary/aromatic N) is 2. The van der Waals surface area contributed by atoms with E-state index in [1.807, 2.05) is 13.8 Å². The number of halogens is 1. The molecule has 1 aliphatic heterocycles. The summed E-state index contributed by atoms with van der Waals surface area (Å²) >= 11 is 3.47. The van der Waals surface area contributed by atoms with Gasteiger partial charge in [-0.15, -0.1) is 0 Å². The van der Waals surface area contributed by atoms with Crippen LogP contribution in [0.15, 0.2) is 12.3 Å². The molecule has 1 aromatic rings. The number of anilines is 1. The average Bonchev–Trinajstić information content (AvgIpc) is 2.45. The largest absolute Gasteiger partial charge is 0.295 e. The van der Waals surface area contributed by atoms with Crippen LogP contribution in [0.4, 0.5) is 5.82 Å². The van der Waals surface area contributed by atoms with Crippen molar-refractivity contribution < 1.29 is 4.79 Å². The molecule has 0 saturated carbocycles. The van der Waals surface area contributed by atoms with Crippen LogP contribution in [-0.4, -0.2) is 22.3 Å². The van der Waals surface area contributed by atoms with Gasteiger partial charge in [-0.3, -0.25) is 9.69 Å². The van der Waals surface area contributed by atoms with Crippen molar-refractivity contribution in [1.29, 1.82) is 0 Å². The zero-order valence-corrected chi connectivity index (χ0v) is 10.4. The predicted molar refractivity (Wildman–Crippen MR) is 63.4 cm³/mol. The summed E-state index contributed by atoms with van der Waals surface area (Å²) < 4.78 is 0. The van der Waals surface area contributed by atoms with E-state index in [9.17, 15) is 4.79 Å². The second-order valence-corrected chi connectivity index (χ2v) is 5.25. The van der Waals surface area contributed by atoms with Gasteiger partial charge in [-0.2, -0.15) is 0 Å². The van der Waals surface area contributed by atoms with Gasteiger partial charge in [0.2, 0.25) is 5.91 Å². The Morgan fingerprint density at radius 3 is 2.80 bits per heavy atom. The molecule has 0 aliphatic carbocycles. The lowest BCUT2D eigenvalue weighted by atomic mass is 10.2. The molecule has 0 N–H and O–H groups in total. The molecular weight excluding hydrogens is 256 g/mol. The van der Waals surface area contributed by atoms with Crippen LogP contribution < -0.4 is 4.90 Å². The fraction of sp³-hybridized carbons (Fsp3) is 0.455. The van der Waals surface area contributed by atoms with Crippen LogP contribution in [0.3, 0.4) is 0 Å². The topological polar surface area (TPSA) is 33.2 Å². The predicted octanol–water partition coefficient (Wildman–Crippen LogP) is 2.20. The van der Waals surface area contributed by atoms with E-state index in [1.165, 1.54) is 0 Å². The molecule has 1 saturated heterocycles. The zero-order valence-electron chi connectivity index (χ0n) is 8.83. The number of hydrogen-bond donors (Lipinski definition) is 0. The molecule has 1 aromatic heterocycles. The van der Waals surface area contributed by atoms with Crippen LogP contribution in [0.5, 0.6) is 0 Å². The Morgan fingerprint density at radius 2 is 2.27 bits per heavy atom. The number of carbonyl (C=O) groups excluding carboxylic acids is 1. The van der Waals surface area contributed by atoms with Crippen molar-refractivity contribution in [2.75, 3.05) is 11.4 Å². The number of amides is 1. The molecule has 0 spiro atoms. The van der Waals surface area contributed by atoms with Crippen molar-refractivity contribution in [3.63, 3.8) is 0 Å². The molecule has 2 heterocycles. The molecule has 0 radical (unpaired) electrons. The number of carbonyl (C=O) groups is 1. The van der Waals surface area contributed by atoms with Crippen molar-refractivity contribution in [2.24, 2.45) is 0 Å². The Hall–Kier alpha value is -0.900. The minimum Gasteiger partial charge on any atom is -0.295 e. The molecule has 0 bridgehead atoms. The molecule has 1 atom stereocenters. The molecule has 80 valence electrons. The number of aromatic nitrogens is 1. The first-order chi connectivity index (χ1) is 7.08. The summed E-state index contributed by atoms with van der Waals surface area (Å²) in [4.78, 5) is 18.0. The number of aryl methyl sites for hydroxylation is 2. The summed E-state index contributed by atoms with van der Waals surface area (Å²) in [5.74, 6) is 0.948. The first kappa shape index (κ1) is 10.6. The molecule has 3 nitrogen and oxygen atoms in total. The fourth-order valence-electron chi connectivity index (χ4n) is 1.86. The highest BCUT2D eigenvalue weighted by Crippen LogP contribution is 2.26. The highest BCUT2D eigenvalue weighted by atomic mass is 79.9. The lowest BCUT2D eigenvalue weighted by Gasteiger charge is -2.17. The second kappa shape index (κ2) is 3.93. The third-order valence-electron chi connectivity index (χ3n) is 2.52. The van der Waals surface area contributed by atoms with Gasteiger partial charge in [0, 0.05) is 24.0 Å². The molecule has 1 fully saturated rings. The van der Waals surface area contributed by atoms with Gasteiger partial charge >= 0.3 is 0 Å². The van der Waals surface area contributed by atoms with E-state index >= 15 is 0 Å². The quantitative estimate of drug-likeness (QED) is 0.732. The first-order valence-electron chi connectivity index (χ1n) is 4.95. The third-order valence-corrected chi connectivity index (χ3v) is 3.13. The van der Waals surface area contributed by atoms with Gasteiger partial charge in [0.15, 0.2) is 0 Å². The second-order valence-electron chi connectivity index (χ2n) is 3.96. The molecule has 15 heavy (non-hydrogen) atoms. The van der Waals surface area contributed by atoms with Gasteiger partial charge in [-0.05, 0) is 25.0 Å². The van der Waals surface area contributed by atoms with E-state index in [4.69, 9.17) is 0 Å². The highest BCUT2D eigenvalue weighted by Gasteiger charge is 2.30. The molecule has 1 amide bonds. The van der Waals surface area contributed by atoms with E-state index in [-0.39, 0.29) is 10.7 Å². The minimum absolute atomic E-state index is 0.149. The van der Waals surface area contributed by atoms with Crippen LogP contribution in [0, 0.1) is 13.8 Å². The summed E-state index contributed by atoms with van der Waals surface area (Å²) in [7, 11) is 0. The highest BCUT2D eigenvalue weighted by molar-refractivity contribution is 9.09. The third kappa shape index (κ3) is 2.04. The van der Waals surface area contributed by atoms with Gasteiger partial charge in [0.25, 0.3) is 0 Å². The Labute approximate surface area is 97.6 Å². The van der Waals surface area contributed by atoms with Crippen LogP contribution in [0.25, 0.3) is 0 Å². The molecule has 2 rings (SSSR count). The molecule has 1 unspecified atom stereocenters. The summed E-state index contributed by atoms with van der Waals surface area (Å²) in [5.41, 5.74) is 2.18. The monoisotopic (exact) mass is 268 g/mol. The van der Waals surface area contributed by atoms with Crippen molar-refractivity contribution in [3.8, 4) is 0 Å². The number of pyridine rings is 1. The van der Waals surface area contributed by atoms with Crippen molar-refractivity contribution in [3.05, 3.63) is 23.4 Å². The Bertz CT molecular complexity index is 406. The Balaban J connectivity index is 2.34. The van der Waals surface area contributed by atoms with Crippen LogP contribution in [-0.2, 0) is 4.79 Å². The molecular formula is C11H13BrN2O. The zero-order chi connectivity index (χ0) is 11.0. The average molecular weight is 269 g/mol. The Kier molecular flexibility index (Phi) is 2.78. The fourth-order valence-corrected chi connectivity index (χ4v) is 2.43. The van der Waals surface area contributed by atoms with Gasteiger partial charge < -0.3 is 0 Å². The maximum absolute atomic E-state index is 11.7. The minimum atomic E-state index is 0.149. The van der Waals surface area contributed by atoms with E-state index in [2.05, 4.69) is 27.0 Å². The molecule has 4 heteroatoms. The van der Waals surface area contributed by atoms with E-state index in [1.54, 1.807) is 11.1 Å². The standard InChI is InChI=1S/C11H13BrN2O/c1-7-3-8(2)11(13-5-7)14-6-9(12)4-10(14)15/h3,5,9H,4,6H2,1-2H3. The first-order valence-corrected chi connectivity index (χ1v) is 5.87. The molecule has 0 aromatic carbocycles. The Morgan fingerprint density at radius 1 is 1.53 bits per heavy atom. The van der Waals surface area contributed by atoms with E-state index < -0.39 is 0 Å². The van der Waals surface area contributed by atoms with Crippen LogP contribution in [0.1, 0.15) is 17.5 Å². The maximum atomic E-state index is 11.7. The lowest BCUT2D eigenvalue weighted by Crippen LogP contribution is -2.26. The van der Waals surface area contributed by atoms with E-state index in [0.29, 0.717) is 6.42 Å². The maximum Gasteiger partial charge on any atom is 0.229 e. The summed E-state index contributed by atoms with van der Waals surface area (Å²) in [5, 5.41) is 0. The summed E-state index contributed by atoms with van der Waals surface area (Å²) in [6, 6.07) is 2.05. The van der Waals surface area contributed by atoms with Crippen LogP contribution >= 0.6 is 15.9 Å². The normalized spacial score (nSPS) is 21.1. The van der Waals surface area contributed by atoms with Gasteiger partial charge in [-0.25, -0.2) is 4.98 Å². The van der Waals surface area contributed by atoms with Crippen molar-refractivity contribution in [1.82, 2.24) is 4.98 Å². The SMILES string of the molecule is Cc1cnc(N2CC(Br)CC2=O)c(C)c1. The van der Waals surface area contributed by atoms with E-state index in [0.717, 1.165) is 23.5 Å². The van der Waals surface area contributed by atoms with Crippen LogP contribution in [0.2, 0.25) is 0 Å². The lowest BCUT2D eigenvalue weighted by molar-refractivity contribution is -0.117. The van der Waals surface area contributed by atoms with Gasteiger partial charge in [-0.1, -0.05) is 22.0 Å². The smallest absolute Gasteiger partial charge is 0.229 e.